The minimum Gasteiger partial charge on any atom is -0.510 e. The second-order valence-electron chi connectivity index (χ2n) is 10.9. The number of hydrogen-bond acceptors (Lipinski definition) is 8. The van der Waals surface area contributed by atoms with Gasteiger partial charge in [-0.15, -0.1) is 0 Å². The zero-order valence-electron chi connectivity index (χ0n) is 23.4. The Morgan fingerprint density at radius 3 is 2.42 bits per heavy atom. The summed E-state index contributed by atoms with van der Waals surface area (Å²) in [5.41, 5.74) is 5.06. The number of amides is 1. The molecule has 0 spiro atoms. The lowest BCUT2D eigenvalue weighted by Gasteiger charge is -2.41. The number of amidine groups is 1. The monoisotopic (exact) mass is 588 g/mol. The number of nitrogens with two attached hydrogens (primary N) is 1. The van der Waals surface area contributed by atoms with Gasteiger partial charge in [0.05, 0.1) is 23.4 Å². The van der Waals surface area contributed by atoms with E-state index in [1.54, 1.807) is 35.2 Å². The number of carbonyl (C=O) groups excluding carboxylic acids is 1. The number of hydrogen-bond donors (Lipinski definition) is 7. The zero-order valence-corrected chi connectivity index (χ0v) is 23.4. The Labute approximate surface area is 246 Å². The summed E-state index contributed by atoms with van der Waals surface area (Å²) in [6.45, 7) is 1.72. The Bertz CT molecular complexity index is 1700. The highest BCUT2D eigenvalue weighted by Gasteiger charge is 2.52. The molecular formula is C30H32N6O7. The largest absolute Gasteiger partial charge is 0.510 e. The number of aromatic amines is 1. The van der Waals surface area contributed by atoms with E-state index in [4.69, 9.17) is 11.1 Å². The number of nitrogens with one attached hydrogen (secondary N) is 2. The Morgan fingerprint density at radius 1 is 1.09 bits per heavy atom. The number of allylic oxidation sites excluding steroid dienone is 1. The van der Waals surface area contributed by atoms with Crippen molar-refractivity contribution in [2.75, 3.05) is 33.2 Å². The van der Waals surface area contributed by atoms with Crippen LogP contribution in [0.3, 0.4) is 0 Å². The van der Waals surface area contributed by atoms with Crippen LogP contribution >= 0.6 is 0 Å². The van der Waals surface area contributed by atoms with E-state index in [0.29, 0.717) is 42.8 Å². The topological polar surface area (TPSA) is 217 Å². The summed E-state index contributed by atoms with van der Waals surface area (Å²) in [6, 6.07) is 10.9. The molecule has 13 heteroatoms. The number of nitrogens with zero attached hydrogens (tertiary/aromatic N) is 3. The Hall–Kier alpha value is -5.17. The fourth-order valence-corrected chi connectivity index (χ4v) is 5.71. The first-order valence-corrected chi connectivity index (χ1v) is 13.6. The van der Waals surface area contributed by atoms with Crippen molar-refractivity contribution in [3.63, 3.8) is 0 Å². The van der Waals surface area contributed by atoms with E-state index in [-0.39, 0.29) is 40.5 Å². The molecule has 1 aromatic heterocycles. The first-order chi connectivity index (χ1) is 20.4. The zero-order chi connectivity index (χ0) is 31.1. The molecule has 0 bridgehead atoms. The van der Waals surface area contributed by atoms with Crippen LogP contribution in [0.5, 0.6) is 5.75 Å². The van der Waals surface area contributed by atoms with Gasteiger partial charge in [0.25, 0.3) is 0 Å². The van der Waals surface area contributed by atoms with Crippen molar-refractivity contribution >= 4 is 40.3 Å². The van der Waals surface area contributed by atoms with Crippen LogP contribution in [0.2, 0.25) is 0 Å². The normalized spacial score (nSPS) is 20.1. The van der Waals surface area contributed by atoms with E-state index >= 15 is 0 Å². The van der Waals surface area contributed by atoms with Crippen LogP contribution in [-0.2, 0) is 19.8 Å². The number of phenolic OH excluding ortho intramolecular Hbond substituents is 1. The van der Waals surface area contributed by atoms with Crippen molar-refractivity contribution in [1.82, 2.24) is 19.8 Å². The summed E-state index contributed by atoms with van der Waals surface area (Å²) in [5, 5.41) is 50.4. The molecule has 0 radical (unpaired) electrons. The Morgan fingerprint density at radius 2 is 1.79 bits per heavy atom. The predicted molar refractivity (Wildman–Crippen MR) is 157 cm³/mol. The Balaban J connectivity index is 1.83. The van der Waals surface area contributed by atoms with Crippen molar-refractivity contribution < 1.29 is 34.8 Å². The summed E-state index contributed by atoms with van der Waals surface area (Å²) < 4.78 is 0. The van der Waals surface area contributed by atoms with Gasteiger partial charge in [0, 0.05) is 42.9 Å². The molecular weight excluding hydrogens is 556 g/mol. The summed E-state index contributed by atoms with van der Waals surface area (Å²) in [4.78, 5) is 50.2. The van der Waals surface area contributed by atoms with Crippen LogP contribution < -0.4 is 5.73 Å². The van der Waals surface area contributed by atoms with Gasteiger partial charge in [0.15, 0.2) is 5.41 Å². The summed E-state index contributed by atoms with van der Waals surface area (Å²) in [7, 11) is 1.92. The fraction of sp³-hybridized carbons (Fsp3) is 0.300. The number of para-hydroxylation sites is 1. The number of likely N-dealkylation sites (N-methyl/N-ethyl adjacent to an activating group) is 1. The van der Waals surface area contributed by atoms with Crippen LogP contribution in [0.15, 0.2) is 59.9 Å². The third-order valence-corrected chi connectivity index (χ3v) is 8.09. The molecule has 3 aromatic rings. The molecule has 8 N–H and O–H groups in total. The van der Waals surface area contributed by atoms with Gasteiger partial charge >= 0.3 is 11.9 Å². The molecule has 5 rings (SSSR count). The average molecular weight is 589 g/mol. The van der Waals surface area contributed by atoms with Crippen molar-refractivity contribution in [1.29, 1.82) is 5.41 Å². The first kappa shape index (κ1) is 29.3. The van der Waals surface area contributed by atoms with Gasteiger partial charge in [0.1, 0.15) is 23.2 Å². The highest BCUT2D eigenvalue weighted by molar-refractivity contribution is 6.00. The van der Waals surface area contributed by atoms with Gasteiger partial charge in [-0.2, -0.15) is 0 Å². The second-order valence-corrected chi connectivity index (χ2v) is 10.9. The van der Waals surface area contributed by atoms with Gasteiger partial charge in [-0.05, 0) is 37.7 Å². The molecule has 2 unspecified atom stereocenters. The summed E-state index contributed by atoms with van der Waals surface area (Å²) in [6.07, 6.45) is 0.314. The maximum absolute atomic E-state index is 14.7. The van der Waals surface area contributed by atoms with E-state index < -0.39 is 41.4 Å². The maximum atomic E-state index is 14.7. The smallest absolute Gasteiger partial charge is 0.311 e. The minimum atomic E-state index is -2.09. The molecule has 13 nitrogen and oxygen atoms in total. The number of piperazine rings is 1. The SMILES string of the molecule is CN1CCN(C(=O)C2(c3nc4cc(C(=N)N)ccc4[nH]3)C=C(C(CC(=O)O)C(=O)O)CC(c3ccccc3O)=C2O)CC1. The highest BCUT2D eigenvalue weighted by atomic mass is 16.4. The quantitative estimate of drug-likeness (QED) is 0.115. The highest BCUT2D eigenvalue weighted by Crippen LogP contribution is 2.48. The number of nitrogen functional groups attached to an aromatic ring is 1. The molecule has 2 aromatic carbocycles. The fourth-order valence-electron chi connectivity index (χ4n) is 5.71. The Kier molecular flexibility index (Phi) is 7.67. The molecule has 2 atom stereocenters. The van der Waals surface area contributed by atoms with E-state index in [2.05, 4.69) is 9.97 Å². The number of benzene rings is 2. The van der Waals surface area contributed by atoms with Crippen LogP contribution in [-0.4, -0.2) is 97.1 Å². The third kappa shape index (κ3) is 5.30. The summed E-state index contributed by atoms with van der Waals surface area (Å²) >= 11 is 0. The molecule has 1 aliphatic heterocycles. The number of carboxylic acid groups (broad SMARTS) is 2. The maximum Gasteiger partial charge on any atom is 0.311 e. The minimum absolute atomic E-state index is 0.0331. The lowest BCUT2D eigenvalue weighted by molar-refractivity contribution is -0.147. The van der Waals surface area contributed by atoms with Crippen LogP contribution in [0, 0.1) is 11.3 Å². The van der Waals surface area contributed by atoms with Crippen LogP contribution in [0.1, 0.15) is 29.8 Å². The molecule has 2 aliphatic rings. The van der Waals surface area contributed by atoms with Gasteiger partial charge < -0.3 is 40.9 Å². The van der Waals surface area contributed by atoms with E-state index in [1.165, 1.54) is 18.2 Å². The van der Waals surface area contributed by atoms with Crippen molar-refractivity contribution in [3.05, 3.63) is 76.8 Å². The van der Waals surface area contributed by atoms with Crippen molar-refractivity contribution in [2.45, 2.75) is 18.3 Å². The number of carboxylic acids is 2. The second kappa shape index (κ2) is 11.2. The number of aliphatic hydroxyl groups excluding tert-OH is 1. The molecule has 1 amide bonds. The third-order valence-electron chi connectivity index (χ3n) is 8.09. The number of aliphatic carboxylic acids is 2. The van der Waals surface area contributed by atoms with Crippen molar-refractivity contribution in [2.24, 2.45) is 11.7 Å². The van der Waals surface area contributed by atoms with E-state index in [0.717, 1.165) is 0 Å². The molecule has 224 valence electrons. The predicted octanol–water partition coefficient (Wildman–Crippen LogP) is 2.04. The number of H-pyrrole nitrogens is 1. The number of fused-ring (bicyclic) bond motifs is 1. The average Bonchev–Trinajstić information content (AvgIpc) is 3.40. The van der Waals surface area contributed by atoms with E-state index in [1.807, 2.05) is 11.9 Å². The molecule has 2 heterocycles. The molecule has 1 aliphatic carbocycles. The molecule has 43 heavy (non-hydrogen) atoms. The lowest BCUT2D eigenvalue weighted by Crippen LogP contribution is -2.55. The molecule has 1 saturated heterocycles. The number of aliphatic hydroxyl groups is 1. The first-order valence-electron chi connectivity index (χ1n) is 13.6. The molecule has 1 fully saturated rings. The van der Waals surface area contributed by atoms with Gasteiger partial charge in [0.2, 0.25) is 5.91 Å². The number of aromatic nitrogens is 2. The standard InChI is InChI=1S/C30H32N6O7/c1-35-8-10-36(11-9-35)29(43)30(28-33-21-7-6-16(26(31)32)13-22(21)34-28)15-17(19(27(41)42)14-24(38)39)12-20(25(30)40)18-4-2-3-5-23(18)37/h2-7,13,15,19,37,40H,8-12,14H2,1H3,(H3,31,32)(H,33,34)(H,38,39)(H,41,42). The van der Waals surface area contributed by atoms with Crippen LogP contribution in [0.4, 0.5) is 0 Å². The number of aromatic hydroxyl groups is 1. The van der Waals surface area contributed by atoms with Gasteiger partial charge in [-0.3, -0.25) is 19.8 Å². The molecule has 0 saturated carbocycles. The number of carbonyl (C=O) groups is 3. The number of rotatable bonds is 8. The van der Waals surface area contributed by atoms with Crippen LogP contribution in [0.25, 0.3) is 16.6 Å². The van der Waals surface area contributed by atoms with E-state index in [9.17, 15) is 34.8 Å². The lowest BCUT2D eigenvalue weighted by atomic mass is 9.70. The number of phenols is 1. The van der Waals surface area contributed by atoms with Gasteiger partial charge in [-0.25, -0.2) is 4.98 Å². The van der Waals surface area contributed by atoms with Crippen molar-refractivity contribution in [3.8, 4) is 5.75 Å². The number of imidazole rings is 1. The summed E-state index contributed by atoms with van der Waals surface area (Å²) in [5.74, 6) is -5.81. The van der Waals surface area contributed by atoms with Gasteiger partial charge in [-0.1, -0.05) is 29.8 Å².